The fraction of sp³-hybridized carbons (Fsp3) is 0.250. The minimum absolute atomic E-state index is 0.0742. The van der Waals surface area contributed by atoms with E-state index in [0.29, 0.717) is 5.56 Å². The second kappa shape index (κ2) is 6.07. The van der Waals surface area contributed by atoms with Crippen molar-refractivity contribution >= 4 is 22.4 Å². The maximum Gasteiger partial charge on any atom is 0.305 e. The Morgan fingerprint density at radius 2 is 2.00 bits per heavy atom. The number of carboxylic acid groups (broad SMARTS) is 1. The number of carbonyl (C=O) groups is 1. The summed E-state index contributed by atoms with van der Waals surface area (Å²) in [4.78, 5) is 10.8. The van der Waals surface area contributed by atoms with E-state index in [1.807, 2.05) is 37.3 Å². The van der Waals surface area contributed by atoms with E-state index in [4.69, 9.17) is 10.4 Å². The summed E-state index contributed by atoms with van der Waals surface area (Å²) in [5.41, 5.74) is 1.49. The summed E-state index contributed by atoms with van der Waals surface area (Å²) >= 11 is 0. The third-order valence-electron chi connectivity index (χ3n) is 3.32. The molecule has 0 aliphatic heterocycles. The van der Waals surface area contributed by atoms with E-state index in [2.05, 4.69) is 11.4 Å². The molecular formula is C16H16N2O2. The number of hydrogen-bond acceptors (Lipinski definition) is 3. The molecule has 1 unspecified atom stereocenters. The average molecular weight is 268 g/mol. The summed E-state index contributed by atoms with van der Waals surface area (Å²) in [5.74, 6) is -0.817. The van der Waals surface area contributed by atoms with E-state index in [1.165, 1.54) is 0 Å². The SMILES string of the molecule is CCC(CC(=O)O)Nc1ccc(C#N)c2ccccc12. The van der Waals surface area contributed by atoms with Gasteiger partial charge in [0.2, 0.25) is 0 Å². The molecule has 2 aromatic rings. The van der Waals surface area contributed by atoms with Gasteiger partial charge in [-0.2, -0.15) is 5.26 Å². The number of anilines is 1. The van der Waals surface area contributed by atoms with Gasteiger partial charge in [0.25, 0.3) is 0 Å². The number of benzene rings is 2. The quantitative estimate of drug-likeness (QED) is 0.871. The smallest absolute Gasteiger partial charge is 0.305 e. The zero-order valence-corrected chi connectivity index (χ0v) is 11.3. The van der Waals surface area contributed by atoms with Crippen molar-refractivity contribution in [1.82, 2.24) is 0 Å². The van der Waals surface area contributed by atoms with Gasteiger partial charge in [0.15, 0.2) is 0 Å². The summed E-state index contributed by atoms with van der Waals surface area (Å²) in [6.07, 6.45) is 0.797. The van der Waals surface area contributed by atoms with Crippen LogP contribution in [0.1, 0.15) is 25.3 Å². The minimum Gasteiger partial charge on any atom is -0.481 e. The van der Waals surface area contributed by atoms with Gasteiger partial charge in [-0.3, -0.25) is 4.79 Å². The molecule has 4 heteroatoms. The lowest BCUT2D eigenvalue weighted by Gasteiger charge is -2.18. The molecule has 0 aliphatic carbocycles. The molecule has 0 saturated heterocycles. The van der Waals surface area contributed by atoms with Crippen molar-refractivity contribution in [3.05, 3.63) is 42.0 Å². The first-order chi connectivity index (χ1) is 9.65. The van der Waals surface area contributed by atoms with E-state index >= 15 is 0 Å². The molecule has 0 aromatic heterocycles. The second-order valence-corrected chi connectivity index (χ2v) is 4.67. The number of carboxylic acids is 1. The largest absolute Gasteiger partial charge is 0.481 e. The molecule has 0 spiro atoms. The van der Waals surface area contributed by atoms with Gasteiger partial charge in [-0.15, -0.1) is 0 Å². The molecule has 0 fully saturated rings. The Morgan fingerprint density at radius 3 is 2.60 bits per heavy atom. The zero-order chi connectivity index (χ0) is 14.5. The van der Waals surface area contributed by atoms with Crippen molar-refractivity contribution in [3.63, 3.8) is 0 Å². The Hall–Kier alpha value is -2.54. The topological polar surface area (TPSA) is 73.1 Å². The Labute approximate surface area is 117 Å². The van der Waals surface area contributed by atoms with Gasteiger partial charge >= 0.3 is 5.97 Å². The van der Waals surface area contributed by atoms with Gasteiger partial charge < -0.3 is 10.4 Å². The molecule has 1 atom stereocenters. The number of nitrogens with one attached hydrogen (secondary N) is 1. The highest BCUT2D eigenvalue weighted by molar-refractivity contribution is 5.97. The van der Waals surface area contributed by atoms with Crippen LogP contribution >= 0.6 is 0 Å². The number of nitrogens with zero attached hydrogens (tertiary/aromatic N) is 1. The van der Waals surface area contributed by atoms with E-state index in [1.54, 1.807) is 6.07 Å². The molecule has 20 heavy (non-hydrogen) atoms. The van der Waals surface area contributed by atoms with E-state index in [9.17, 15) is 4.79 Å². The lowest BCUT2D eigenvalue weighted by Crippen LogP contribution is -2.22. The third kappa shape index (κ3) is 2.89. The second-order valence-electron chi connectivity index (χ2n) is 4.67. The first kappa shape index (κ1) is 13.9. The first-order valence-corrected chi connectivity index (χ1v) is 6.56. The van der Waals surface area contributed by atoms with Crippen molar-refractivity contribution < 1.29 is 9.90 Å². The average Bonchev–Trinajstić information content (AvgIpc) is 2.46. The van der Waals surface area contributed by atoms with Crippen molar-refractivity contribution in [2.75, 3.05) is 5.32 Å². The van der Waals surface area contributed by atoms with Crippen LogP contribution in [0.5, 0.6) is 0 Å². The lowest BCUT2D eigenvalue weighted by atomic mass is 10.0. The normalized spacial score (nSPS) is 11.8. The molecular weight excluding hydrogens is 252 g/mol. The lowest BCUT2D eigenvalue weighted by molar-refractivity contribution is -0.137. The molecule has 0 aliphatic rings. The molecule has 0 saturated carbocycles. The van der Waals surface area contributed by atoms with Crippen molar-refractivity contribution in [3.8, 4) is 6.07 Å². The van der Waals surface area contributed by atoms with Gasteiger partial charge in [0, 0.05) is 22.5 Å². The first-order valence-electron chi connectivity index (χ1n) is 6.56. The summed E-state index contributed by atoms with van der Waals surface area (Å²) < 4.78 is 0. The predicted octanol–water partition coefficient (Wildman–Crippen LogP) is 3.38. The van der Waals surface area contributed by atoms with Crippen LogP contribution in [0, 0.1) is 11.3 Å². The van der Waals surface area contributed by atoms with Gasteiger partial charge in [0.05, 0.1) is 18.1 Å². The Kier molecular flexibility index (Phi) is 4.21. The standard InChI is InChI=1S/C16H16N2O2/c1-2-12(9-16(19)20)18-15-8-7-11(10-17)13-5-3-4-6-14(13)15/h3-8,12,18H,2,9H2,1H3,(H,19,20). The Bertz CT molecular complexity index is 674. The molecule has 4 nitrogen and oxygen atoms in total. The Morgan fingerprint density at radius 1 is 1.30 bits per heavy atom. The number of nitriles is 1. The molecule has 2 rings (SSSR count). The van der Waals surface area contributed by atoms with Crippen LogP contribution in [0.2, 0.25) is 0 Å². The van der Waals surface area contributed by atoms with Crippen LogP contribution in [-0.2, 0) is 4.79 Å². The van der Waals surface area contributed by atoms with E-state index in [-0.39, 0.29) is 12.5 Å². The van der Waals surface area contributed by atoms with Crippen LogP contribution in [0.25, 0.3) is 10.8 Å². The molecule has 0 heterocycles. The molecule has 2 N–H and O–H groups in total. The number of aliphatic carboxylic acids is 1. The third-order valence-corrected chi connectivity index (χ3v) is 3.32. The van der Waals surface area contributed by atoms with Crippen molar-refractivity contribution in [2.45, 2.75) is 25.8 Å². The molecule has 0 radical (unpaired) electrons. The number of hydrogen-bond donors (Lipinski definition) is 2. The fourth-order valence-electron chi connectivity index (χ4n) is 2.25. The predicted molar refractivity (Wildman–Crippen MR) is 78.6 cm³/mol. The monoisotopic (exact) mass is 268 g/mol. The maximum atomic E-state index is 10.8. The van der Waals surface area contributed by atoms with Gasteiger partial charge in [0.1, 0.15) is 0 Å². The highest BCUT2D eigenvalue weighted by Crippen LogP contribution is 2.27. The number of rotatable bonds is 5. The molecule has 102 valence electrons. The molecule has 0 amide bonds. The van der Waals surface area contributed by atoms with E-state index < -0.39 is 5.97 Å². The van der Waals surface area contributed by atoms with Crippen LogP contribution in [-0.4, -0.2) is 17.1 Å². The summed E-state index contributed by atoms with van der Waals surface area (Å²) in [6, 6.07) is 13.3. The minimum atomic E-state index is -0.817. The summed E-state index contributed by atoms with van der Waals surface area (Å²) in [6.45, 7) is 1.95. The highest BCUT2D eigenvalue weighted by atomic mass is 16.4. The van der Waals surface area contributed by atoms with Gasteiger partial charge in [-0.25, -0.2) is 0 Å². The molecule has 0 bridgehead atoms. The molecule has 2 aromatic carbocycles. The van der Waals surface area contributed by atoms with Crippen molar-refractivity contribution in [2.24, 2.45) is 0 Å². The highest BCUT2D eigenvalue weighted by Gasteiger charge is 2.13. The fourth-order valence-corrected chi connectivity index (χ4v) is 2.25. The summed E-state index contributed by atoms with van der Waals surface area (Å²) in [5, 5.41) is 23.1. The van der Waals surface area contributed by atoms with Gasteiger partial charge in [-0.1, -0.05) is 31.2 Å². The van der Waals surface area contributed by atoms with Crippen LogP contribution in [0.15, 0.2) is 36.4 Å². The van der Waals surface area contributed by atoms with Crippen LogP contribution in [0.4, 0.5) is 5.69 Å². The zero-order valence-electron chi connectivity index (χ0n) is 11.3. The van der Waals surface area contributed by atoms with Crippen molar-refractivity contribution in [1.29, 1.82) is 5.26 Å². The van der Waals surface area contributed by atoms with E-state index in [0.717, 1.165) is 22.9 Å². The Balaban J connectivity index is 2.40. The maximum absolute atomic E-state index is 10.8. The summed E-state index contributed by atoms with van der Waals surface area (Å²) in [7, 11) is 0. The van der Waals surface area contributed by atoms with Gasteiger partial charge in [-0.05, 0) is 18.6 Å². The van der Waals surface area contributed by atoms with Crippen LogP contribution in [0.3, 0.4) is 0 Å². The number of fused-ring (bicyclic) bond motifs is 1. The van der Waals surface area contributed by atoms with Crippen LogP contribution < -0.4 is 5.32 Å².